The van der Waals surface area contributed by atoms with Crippen molar-refractivity contribution in [3.05, 3.63) is 29.8 Å². The summed E-state index contributed by atoms with van der Waals surface area (Å²) in [4.78, 5) is 0.244. The topological polar surface area (TPSA) is 83.5 Å². The van der Waals surface area contributed by atoms with Gasteiger partial charge < -0.3 is 5.32 Å². The van der Waals surface area contributed by atoms with E-state index in [1.54, 1.807) is 16.4 Å². The lowest BCUT2D eigenvalue weighted by atomic mass is 10.1. The standard InChI is InChI=1S/C15H22N2O4S2.ClH/c1-22(18,19)11-12-2-6-15(7-3-12)23(20,21)17-13-4-5-14(17)10-16-9-8-13;/h2-3,6-7,13-14,16H,4-5,8-11H2,1H3;1H. The van der Waals surface area contributed by atoms with Crippen molar-refractivity contribution in [1.82, 2.24) is 9.62 Å². The molecular formula is C15H23ClN2O4S2. The Morgan fingerprint density at radius 1 is 1.04 bits per heavy atom. The van der Waals surface area contributed by atoms with Gasteiger partial charge in [-0.15, -0.1) is 12.4 Å². The highest BCUT2D eigenvalue weighted by Crippen LogP contribution is 2.33. The molecule has 6 nitrogen and oxygen atoms in total. The van der Waals surface area contributed by atoms with Crippen molar-refractivity contribution < 1.29 is 16.8 Å². The average molecular weight is 395 g/mol. The van der Waals surface area contributed by atoms with Gasteiger partial charge in [0.1, 0.15) is 0 Å². The van der Waals surface area contributed by atoms with Gasteiger partial charge in [0.05, 0.1) is 10.6 Å². The molecule has 0 amide bonds. The van der Waals surface area contributed by atoms with Crippen LogP contribution in [0.25, 0.3) is 0 Å². The number of hydrogen-bond acceptors (Lipinski definition) is 5. The normalized spacial score (nSPS) is 25.0. The molecule has 2 fully saturated rings. The van der Waals surface area contributed by atoms with Crippen molar-refractivity contribution in [2.75, 3.05) is 19.3 Å². The summed E-state index contributed by atoms with van der Waals surface area (Å²) in [6, 6.07) is 6.30. The molecule has 9 heteroatoms. The molecule has 3 rings (SSSR count). The molecule has 1 aromatic rings. The van der Waals surface area contributed by atoms with Crippen molar-refractivity contribution in [3.8, 4) is 0 Å². The maximum atomic E-state index is 13.0. The zero-order valence-electron chi connectivity index (χ0n) is 13.5. The Bertz CT molecular complexity index is 764. The summed E-state index contributed by atoms with van der Waals surface area (Å²) in [5.41, 5.74) is 0.604. The maximum absolute atomic E-state index is 13.0. The third-order valence-electron chi connectivity index (χ3n) is 4.51. The van der Waals surface area contributed by atoms with Crippen LogP contribution < -0.4 is 5.32 Å². The van der Waals surface area contributed by atoms with Crippen molar-refractivity contribution in [1.29, 1.82) is 0 Å². The molecule has 2 unspecified atom stereocenters. The fourth-order valence-electron chi connectivity index (χ4n) is 3.51. The van der Waals surface area contributed by atoms with E-state index < -0.39 is 19.9 Å². The first kappa shape index (κ1) is 19.7. The van der Waals surface area contributed by atoms with Gasteiger partial charge >= 0.3 is 0 Å². The van der Waals surface area contributed by atoms with Crippen molar-refractivity contribution in [3.63, 3.8) is 0 Å². The molecular weight excluding hydrogens is 372 g/mol. The smallest absolute Gasteiger partial charge is 0.243 e. The van der Waals surface area contributed by atoms with Crippen molar-refractivity contribution in [2.24, 2.45) is 0 Å². The van der Waals surface area contributed by atoms with Crippen LogP contribution in [0, 0.1) is 0 Å². The van der Waals surface area contributed by atoms with Gasteiger partial charge in [0.15, 0.2) is 9.84 Å². The van der Waals surface area contributed by atoms with Gasteiger partial charge in [-0.25, -0.2) is 16.8 Å². The minimum absolute atomic E-state index is 0. The summed E-state index contributed by atoms with van der Waals surface area (Å²) in [7, 11) is -6.66. The number of benzene rings is 1. The Balaban J connectivity index is 0.00000208. The minimum Gasteiger partial charge on any atom is -0.315 e. The molecule has 0 spiro atoms. The maximum Gasteiger partial charge on any atom is 0.243 e. The van der Waals surface area contributed by atoms with Gasteiger partial charge in [-0.2, -0.15) is 4.31 Å². The molecule has 0 aliphatic carbocycles. The fraction of sp³-hybridized carbons (Fsp3) is 0.600. The van der Waals surface area contributed by atoms with Crippen LogP contribution in [0.4, 0.5) is 0 Å². The summed E-state index contributed by atoms with van der Waals surface area (Å²) < 4.78 is 50.3. The average Bonchev–Trinajstić information content (AvgIpc) is 2.71. The second-order valence-corrected chi connectivity index (χ2v) is 10.4. The van der Waals surface area contributed by atoms with Crippen LogP contribution in [-0.4, -0.2) is 52.6 Å². The van der Waals surface area contributed by atoms with Gasteiger partial charge in [0.25, 0.3) is 0 Å². The van der Waals surface area contributed by atoms with E-state index in [9.17, 15) is 16.8 Å². The van der Waals surface area contributed by atoms with Gasteiger partial charge in [-0.1, -0.05) is 12.1 Å². The monoisotopic (exact) mass is 394 g/mol. The van der Waals surface area contributed by atoms with Crippen LogP contribution in [-0.2, 0) is 25.6 Å². The second-order valence-electron chi connectivity index (χ2n) is 6.43. The van der Waals surface area contributed by atoms with E-state index in [0.29, 0.717) is 12.1 Å². The molecule has 0 saturated carbocycles. The molecule has 2 heterocycles. The fourth-order valence-corrected chi connectivity index (χ4v) is 6.21. The molecule has 2 aliphatic rings. The first-order chi connectivity index (χ1) is 10.8. The van der Waals surface area contributed by atoms with E-state index in [4.69, 9.17) is 0 Å². The number of nitrogens with zero attached hydrogens (tertiary/aromatic N) is 1. The number of halogens is 1. The summed E-state index contributed by atoms with van der Waals surface area (Å²) in [5.74, 6) is -0.0772. The van der Waals surface area contributed by atoms with Crippen molar-refractivity contribution >= 4 is 32.3 Å². The Kier molecular flexibility index (Phi) is 5.97. The number of sulfonamides is 1. The van der Waals surface area contributed by atoms with Gasteiger partial charge in [0.2, 0.25) is 10.0 Å². The molecule has 24 heavy (non-hydrogen) atoms. The van der Waals surface area contributed by atoms with Crippen molar-refractivity contribution in [2.45, 2.75) is 42.0 Å². The van der Waals surface area contributed by atoms with Gasteiger partial charge in [-0.3, -0.25) is 0 Å². The zero-order chi connectivity index (χ0) is 16.7. The Hall–Kier alpha value is -0.670. The predicted molar refractivity (Wildman–Crippen MR) is 95.6 cm³/mol. The highest BCUT2D eigenvalue weighted by molar-refractivity contribution is 7.90. The van der Waals surface area contributed by atoms with E-state index >= 15 is 0 Å². The third-order valence-corrected chi connectivity index (χ3v) is 7.39. The Labute approximate surface area is 150 Å². The van der Waals surface area contributed by atoms with E-state index in [-0.39, 0.29) is 35.1 Å². The molecule has 136 valence electrons. The molecule has 2 atom stereocenters. The van der Waals surface area contributed by atoms with Crippen LogP contribution >= 0.6 is 12.4 Å². The number of rotatable bonds is 4. The molecule has 2 aliphatic heterocycles. The van der Waals surface area contributed by atoms with Crippen LogP contribution in [0.1, 0.15) is 24.8 Å². The first-order valence-electron chi connectivity index (χ1n) is 7.78. The van der Waals surface area contributed by atoms with Crippen LogP contribution in [0.15, 0.2) is 29.2 Å². The molecule has 2 saturated heterocycles. The lowest BCUT2D eigenvalue weighted by Crippen LogP contribution is -2.42. The number of nitrogens with one attached hydrogen (secondary N) is 1. The largest absolute Gasteiger partial charge is 0.315 e. The van der Waals surface area contributed by atoms with Crippen LogP contribution in [0.2, 0.25) is 0 Å². The molecule has 2 bridgehead atoms. The van der Waals surface area contributed by atoms with E-state index in [1.165, 1.54) is 18.4 Å². The number of fused-ring (bicyclic) bond motifs is 2. The van der Waals surface area contributed by atoms with Crippen LogP contribution in [0.5, 0.6) is 0 Å². The van der Waals surface area contributed by atoms with Crippen LogP contribution in [0.3, 0.4) is 0 Å². The Morgan fingerprint density at radius 2 is 1.67 bits per heavy atom. The lowest BCUT2D eigenvalue weighted by Gasteiger charge is -2.26. The lowest BCUT2D eigenvalue weighted by molar-refractivity contribution is 0.334. The third kappa shape index (κ3) is 4.11. The summed E-state index contributed by atoms with van der Waals surface area (Å²) in [6.07, 6.45) is 3.81. The summed E-state index contributed by atoms with van der Waals surface area (Å²) >= 11 is 0. The zero-order valence-corrected chi connectivity index (χ0v) is 16.0. The highest BCUT2D eigenvalue weighted by atomic mass is 35.5. The molecule has 1 N–H and O–H groups in total. The second kappa shape index (κ2) is 7.29. The number of hydrogen-bond donors (Lipinski definition) is 1. The minimum atomic E-state index is -3.54. The van der Waals surface area contributed by atoms with E-state index in [0.717, 1.165) is 25.8 Å². The van der Waals surface area contributed by atoms with Gasteiger partial charge in [-0.05, 0) is 43.5 Å². The SMILES string of the molecule is CS(=O)(=O)Cc1ccc(S(=O)(=O)N2C3CCNCC2CC3)cc1.Cl. The van der Waals surface area contributed by atoms with Gasteiger partial charge in [0, 0.05) is 24.9 Å². The molecule has 1 aromatic carbocycles. The van der Waals surface area contributed by atoms with E-state index in [1.807, 2.05) is 0 Å². The van der Waals surface area contributed by atoms with E-state index in [2.05, 4.69) is 5.32 Å². The summed E-state index contributed by atoms with van der Waals surface area (Å²) in [5, 5.41) is 3.29. The summed E-state index contributed by atoms with van der Waals surface area (Å²) in [6.45, 7) is 1.54. The first-order valence-corrected chi connectivity index (χ1v) is 11.3. The Morgan fingerprint density at radius 3 is 2.29 bits per heavy atom. The quantitative estimate of drug-likeness (QED) is 0.828. The molecule has 0 radical (unpaired) electrons. The molecule has 0 aromatic heterocycles. The highest BCUT2D eigenvalue weighted by Gasteiger charge is 2.42. The number of sulfone groups is 1. The predicted octanol–water partition coefficient (Wildman–Crippen LogP) is 1.17.